The number of anilines is 1. The maximum atomic E-state index is 13.7. The summed E-state index contributed by atoms with van der Waals surface area (Å²) in [5, 5.41) is 2.96. The second-order valence-corrected chi connectivity index (χ2v) is 10.0. The lowest BCUT2D eigenvalue weighted by molar-refractivity contribution is 0.100. The molecule has 2 aromatic heterocycles. The normalized spacial score (nSPS) is 11.7. The van der Waals surface area contributed by atoms with Gasteiger partial charge in [0, 0.05) is 38.9 Å². The number of nitrogens with two attached hydrogens (primary N) is 1. The molecule has 2 N–H and O–H groups in total. The highest BCUT2D eigenvalue weighted by molar-refractivity contribution is 7.13. The van der Waals surface area contributed by atoms with Crippen LogP contribution in [0.3, 0.4) is 0 Å². The van der Waals surface area contributed by atoms with Crippen LogP contribution in [0.2, 0.25) is 0 Å². The Morgan fingerprint density at radius 3 is 2.38 bits per heavy atom. The first-order valence-corrected chi connectivity index (χ1v) is 11.3. The average Bonchev–Trinajstić information content (AvgIpc) is 3.23. The maximum Gasteiger partial charge on any atom is 0.415 e. The van der Waals surface area contributed by atoms with Gasteiger partial charge in [-0.1, -0.05) is 19.9 Å². The van der Waals surface area contributed by atoms with Gasteiger partial charge in [-0.15, -0.1) is 11.3 Å². The van der Waals surface area contributed by atoms with Gasteiger partial charge in [-0.2, -0.15) is 0 Å². The number of fused-ring (bicyclic) bond motifs is 1. The number of carbonyl (C=O) groups is 2. The fraction of sp³-hybridized carbons (Fsp3) is 0.375. The van der Waals surface area contributed by atoms with Crippen molar-refractivity contribution in [2.45, 2.75) is 46.7 Å². The molecule has 170 valence electrons. The van der Waals surface area contributed by atoms with E-state index in [0.717, 1.165) is 4.88 Å². The van der Waals surface area contributed by atoms with Gasteiger partial charge >= 0.3 is 6.09 Å². The zero-order chi connectivity index (χ0) is 23.8. The second kappa shape index (κ2) is 8.78. The molecule has 0 fully saturated rings. The SMILES string of the molecule is COC(=O)N(c1c(-c2cccs2)c2cc(C(N)=O)ccc2c(=O)n1CC(C)C)C(C)(C)C. The first-order valence-electron chi connectivity index (χ1n) is 10.4. The molecule has 0 aliphatic rings. The van der Waals surface area contributed by atoms with E-state index in [9.17, 15) is 14.4 Å². The lowest BCUT2D eigenvalue weighted by Crippen LogP contribution is -2.49. The van der Waals surface area contributed by atoms with Crippen LogP contribution in [0, 0.1) is 5.92 Å². The van der Waals surface area contributed by atoms with E-state index in [4.69, 9.17) is 10.5 Å². The van der Waals surface area contributed by atoms with Gasteiger partial charge in [0.1, 0.15) is 5.82 Å². The van der Waals surface area contributed by atoms with E-state index in [-0.39, 0.29) is 11.5 Å². The third kappa shape index (κ3) is 4.27. The van der Waals surface area contributed by atoms with E-state index in [0.29, 0.717) is 34.3 Å². The molecule has 0 aliphatic carbocycles. The number of nitrogens with zero attached hydrogens (tertiary/aromatic N) is 2. The van der Waals surface area contributed by atoms with Crippen molar-refractivity contribution in [1.82, 2.24) is 4.57 Å². The number of amides is 2. The van der Waals surface area contributed by atoms with Crippen molar-refractivity contribution < 1.29 is 14.3 Å². The van der Waals surface area contributed by atoms with Crippen LogP contribution in [0.15, 0.2) is 40.5 Å². The van der Waals surface area contributed by atoms with Crippen LogP contribution in [-0.4, -0.2) is 29.2 Å². The lowest BCUT2D eigenvalue weighted by Gasteiger charge is -2.37. The quantitative estimate of drug-likeness (QED) is 0.595. The maximum absolute atomic E-state index is 13.7. The molecule has 0 atom stereocenters. The first kappa shape index (κ1) is 23.5. The topological polar surface area (TPSA) is 94.6 Å². The molecule has 2 heterocycles. The van der Waals surface area contributed by atoms with Crippen molar-refractivity contribution >= 4 is 39.9 Å². The van der Waals surface area contributed by atoms with Gasteiger partial charge in [0.05, 0.1) is 7.11 Å². The van der Waals surface area contributed by atoms with Crippen molar-refractivity contribution in [2.24, 2.45) is 11.7 Å². The van der Waals surface area contributed by atoms with E-state index in [1.54, 1.807) is 22.8 Å². The zero-order valence-corrected chi connectivity index (χ0v) is 20.1. The molecular formula is C24H29N3O4S. The number of benzene rings is 1. The Morgan fingerprint density at radius 1 is 1.19 bits per heavy atom. The van der Waals surface area contributed by atoms with E-state index >= 15 is 0 Å². The number of pyridine rings is 1. The van der Waals surface area contributed by atoms with Gasteiger partial charge in [0.2, 0.25) is 5.91 Å². The predicted molar refractivity (Wildman–Crippen MR) is 130 cm³/mol. The molecule has 8 heteroatoms. The Hall–Kier alpha value is -3.13. The average molecular weight is 456 g/mol. The number of carbonyl (C=O) groups excluding carboxylic acids is 2. The van der Waals surface area contributed by atoms with Crippen LogP contribution >= 0.6 is 11.3 Å². The van der Waals surface area contributed by atoms with Crippen LogP contribution in [-0.2, 0) is 11.3 Å². The van der Waals surface area contributed by atoms with E-state index in [2.05, 4.69) is 0 Å². The molecular weight excluding hydrogens is 426 g/mol. The molecule has 1 aromatic carbocycles. The third-order valence-electron chi connectivity index (χ3n) is 5.08. The molecule has 0 radical (unpaired) electrons. The summed E-state index contributed by atoms with van der Waals surface area (Å²) in [6.45, 7) is 10.1. The smallest absolute Gasteiger partial charge is 0.415 e. The number of thiophene rings is 1. The molecule has 32 heavy (non-hydrogen) atoms. The highest BCUT2D eigenvalue weighted by Gasteiger charge is 2.35. The standard InChI is InChI=1S/C24H29N3O4S/c1-14(2)13-26-21(27(23(30)31-6)24(3,4)5)19(18-8-7-11-32-18)17-12-15(20(25)28)9-10-16(17)22(26)29/h7-12,14H,13H2,1-6H3,(H2,25,28). The molecule has 0 unspecified atom stereocenters. The van der Waals surface area contributed by atoms with Crippen LogP contribution in [0.25, 0.3) is 21.2 Å². The molecule has 0 bridgehead atoms. The second-order valence-electron chi connectivity index (χ2n) is 9.09. The summed E-state index contributed by atoms with van der Waals surface area (Å²) in [5.41, 5.74) is 5.59. The van der Waals surface area contributed by atoms with Gasteiger partial charge in [-0.3, -0.25) is 19.1 Å². The third-order valence-corrected chi connectivity index (χ3v) is 5.97. The van der Waals surface area contributed by atoms with Gasteiger partial charge in [-0.25, -0.2) is 4.79 Å². The molecule has 0 spiro atoms. The monoisotopic (exact) mass is 455 g/mol. The highest BCUT2D eigenvalue weighted by Crippen LogP contribution is 2.41. The summed E-state index contributed by atoms with van der Waals surface area (Å²) >= 11 is 1.49. The molecule has 3 aromatic rings. The number of hydrogen-bond donors (Lipinski definition) is 1. The van der Waals surface area contributed by atoms with Crippen LogP contribution in [0.1, 0.15) is 45.0 Å². The Kier molecular flexibility index (Phi) is 6.46. The van der Waals surface area contributed by atoms with E-state index in [1.165, 1.54) is 23.3 Å². The van der Waals surface area contributed by atoms with Crippen molar-refractivity contribution in [1.29, 1.82) is 0 Å². The minimum atomic E-state index is -0.695. The molecule has 2 amide bonds. The summed E-state index contributed by atoms with van der Waals surface area (Å²) < 4.78 is 6.79. The predicted octanol–water partition coefficient (Wildman–Crippen LogP) is 4.86. The van der Waals surface area contributed by atoms with Gasteiger partial charge in [0.25, 0.3) is 5.56 Å². The first-order chi connectivity index (χ1) is 15.0. The number of methoxy groups -OCH3 is 1. The van der Waals surface area contributed by atoms with Crippen LogP contribution in [0.4, 0.5) is 10.6 Å². The summed E-state index contributed by atoms with van der Waals surface area (Å²) in [6, 6.07) is 8.67. The largest absolute Gasteiger partial charge is 0.452 e. The van der Waals surface area contributed by atoms with E-state index in [1.807, 2.05) is 52.1 Å². The van der Waals surface area contributed by atoms with Gasteiger partial charge in [0.15, 0.2) is 0 Å². The van der Waals surface area contributed by atoms with Crippen molar-refractivity contribution in [2.75, 3.05) is 12.0 Å². The van der Waals surface area contributed by atoms with Gasteiger partial charge in [-0.05, 0) is 56.3 Å². The summed E-state index contributed by atoms with van der Waals surface area (Å²) in [7, 11) is 1.32. The fourth-order valence-corrected chi connectivity index (χ4v) is 4.57. The number of primary amides is 1. The van der Waals surface area contributed by atoms with Gasteiger partial charge < -0.3 is 10.5 Å². The summed E-state index contributed by atoms with van der Waals surface area (Å²) in [4.78, 5) is 41.1. The fourth-order valence-electron chi connectivity index (χ4n) is 3.79. The molecule has 7 nitrogen and oxygen atoms in total. The van der Waals surface area contributed by atoms with Crippen LogP contribution in [0.5, 0.6) is 0 Å². The summed E-state index contributed by atoms with van der Waals surface area (Å²) in [6.07, 6.45) is -0.572. The summed E-state index contributed by atoms with van der Waals surface area (Å²) in [5.74, 6) is 0.00153. The molecule has 3 rings (SSSR count). The number of rotatable bonds is 5. The Bertz CT molecular complexity index is 1220. The van der Waals surface area contributed by atoms with E-state index < -0.39 is 17.5 Å². The number of ether oxygens (including phenoxy) is 1. The molecule has 0 aliphatic heterocycles. The Morgan fingerprint density at radius 2 is 1.88 bits per heavy atom. The zero-order valence-electron chi connectivity index (χ0n) is 19.3. The van der Waals surface area contributed by atoms with Crippen molar-refractivity contribution in [3.63, 3.8) is 0 Å². The Labute approximate surface area is 191 Å². The van der Waals surface area contributed by atoms with Crippen molar-refractivity contribution in [3.05, 3.63) is 51.6 Å². The lowest BCUT2D eigenvalue weighted by atomic mass is 9.98. The molecule has 0 saturated heterocycles. The Balaban J connectivity index is 2.62. The molecule has 0 saturated carbocycles. The highest BCUT2D eigenvalue weighted by atomic mass is 32.1. The van der Waals surface area contributed by atoms with Crippen molar-refractivity contribution in [3.8, 4) is 10.4 Å². The minimum Gasteiger partial charge on any atom is -0.452 e. The number of aromatic nitrogens is 1. The number of hydrogen-bond acceptors (Lipinski definition) is 5. The van der Waals surface area contributed by atoms with Crippen LogP contribution < -0.4 is 16.2 Å². The minimum absolute atomic E-state index is 0.143.